The van der Waals surface area contributed by atoms with Gasteiger partial charge >= 0.3 is 0 Å². The molecule has 0 atom stereocenters. The summed E-state index contributed by atoms with van der Waals surface area (Å²) >= 11 is 0. The van der Waals surface area contributed by atoms with E-state index in [0.29, 0.717) is 6.42 Å². The fraction of sp³-hybridized carbons (Fsp3) is 0.273. The number of aliphatic hydroxyl groups is 1. The molecule has 0 bridgehead atoms. The molecule has 0 spiro atoms. The second kappa shape index (κ2) is 5.23. The van der Waals surface area contributed by atoms with Crippen molar-refractivity contribution in [2.24, 2.45) is 0 Å². The molecule has 0 heterocycles. The van der Waals surface area contributed by atoms with Gasteiger partial charge in [0.1, 0.15) is 12.4 Å². The molecule has 2 heteroatoms. The normalized spacial score (nSPS) is 8.77. The molecular formula is C11H12O2. The smallest absolute Gasteiger partial charge is 0.119 e. The molecule has 0 amide bonds. The Balaban J connectivity index is 2.66. The van der Waals surface area contributed by atoms with Crippen molar-refractivity contribution in [2.45, 2.75) is 6.42 Å². The van der Waals surface area contributed by atoms with Crippen LogP contribution in [0.1, 0.15) is 5.56 Å². The molecule has 1 aromatic rings. The van der Waals surface area contributed by atoms with E-state index in [0.717, 1.165) is 11.3 Å². The summed E-state index contributed by atoms with van der Waals surface area (Å²) in [4.78, 5) is 0. The molecule has 13 heavy (non-hydrogen) atoms. The first-order valence-electron chi connectivity index (χ1n) is 4.06. The van der Waals surface area contributed by atoms with Gasteiger partial charge in [0, 0.05) is 6.42 Å². The Hall–Kier alpha value is -1.46. The standard InChI is InChI=1S/C11H12O2/c1-13-11-7-4-6-10(9-11)5-2-3-8-12/h4,6-7,9,12H,5,8H2,1H3. The second-order valence-corrected chi connectivity index (χ2v) is 2.54. The number of ether oxygens (including phenoxy) is 1. The summed E-state index contributed by atoms with van der Waals surface area (Å²) in [6.07, 6.45) is 0.651. The summed E-state index contributed by atoms with van der Waals surface area (Å²) in [5.41, 5.74) is 1.10. The molecule has 0 aliphatic rings. The monoisotopic (exact) mass is 176 g/mol. The minimum atomic E-state index is -0.0794. The number of methoxy groups -OCH3 is 1. The summed E-state index contributed by atoms with van der Waals surface area (Å²) in [5, 5.41) is 8.45. The highest BCUT2D eigenvalue weighted by Crippen LogP contribution is 2.12. The Morgan fingerprint density at radius 1 is 1.38 bits per heavy atom. The van der Waals surface area contributed by atoms with E-state index in [9.17, 15) is 0 Å². The Morgan fingerprint density at radius 3 is 2.92 bits per heavy atom. The first kappa shape index (κ1) is 9.63. The lowest BCUT2D eigenvalue weighted by molar-refractivity contribution is 0.350. The number of aliphatic hydroxyl groups excluding tert-OH is 1. The van der Waals surface area contributed by atoms with Crippen LogP contribution in [0.25, 0.3) is 0 Å². The largest absolute Gasteiger partial charge is 0.497 e. The van der Waals surface area contributed by atoms with Crippen LogP contribution < -0.4 is 4.74 Å². The highest BCUT2D eigenvalue weighted by molar-refractivity contribution is 5.30. The molecule has 0 aromatic heterocycles. The van der Waals surface area contributed by atoms with Gasteiger partial charge in [0.2, 0.25) is 0 Å². The molecule has 0 aliphatic carbocycles. The van der Waals surface area contributed by atoms with E-state index in [4.69, 9.17) is 9.84 Å². The van der Waals surface area contributed by atoms with Gasteiger partial charge in [-0.1, -0.05) is 24.0 Å². The van der Waals surface area contributed by atoms with Gasteiger partial charge in [0.05, 0.1) is 7.11 Å². The van der Waals surface area contributed by atoms with Crippen LogP contribution in [0.5, 0.6) is 5.75 Å². The van der Waals surface area contributed by atoms with Crippen molar-refractivity contribution in [3.05, 3.63) is 29.8 Å². The van der Waals surface area contributed by atoms with Gasteiger partial charge in [-0.15, -0.1) is 0 Å². The highest BCUT2D eigenvalue weighted by Gasteiger charge is 1.92. The Kier molecular flexibility index (Phi) is 3.87. The highest BCUT2D eigenvalue weighted by atomic mass is 16.5. The number of hydrogen-bond donors (Lipinski definition) is 1. The van der Waals surface area contributed by atoms with E-state index in [-0.39, 0.29) is 6.61 Å². The molecule has 0 unspecified atom stereocenters. The second-order valence-electron chi connectivity index (χ2n) is 2.54. The van der Waals surface area contributed by atoms with Crippen LogP contribution in [0.2, 0.25) is 0 Å². The third-order valence-corrected chi connectivity index (χ3v) is 1.63. The van der Waals surface area contributed by atoms with Crippen LogP contribution in [0.15, 0.2) is 24.3 Å². The molecular weight excluding hydrogens is 164 g/mol. The summed E-state index contributed by atoms with van der Waals surface area (Å²) in [6, 6.07) is 7.73. The summed E-state index contributed by atoms with van der Waals surface area (Å²) in [7, 11) is 1.64. The quantitative estimate of drug-likeness (QED) is 0.687. The molecule has 0 aliphatic heterocycles. The van der Waals surface area contributed by atoms with Crippen molar-refractivity contribution in [2.75, 3.05) is 13.7 Å². The van der Waals surface area contributed by atoms with Gasteiger partial charge in [-0.25, -0.2) is 0 Å². The zero-order valence-electron chi connectivity index (χ0n) is 7.58. The maximum atomic E-state index is 8.45. The lowest BCUT2D eigenvalue weighted by atomic mass is 10.1. The van der Waals surface area contributed by atoms with Crippen LogP contribution in [-0.2, 0) is 6.42 Å². The molecule has 2 nitrogen and oxygen atoms in total. The van der Waals surface area contributed by atoms with Gasteiger partial charge in [-0.2, -0.15) is 0 Å². The predicted octanol–water partition coefficient (Wildman–Crippen LogP) is 1.23. The number of hydrogen-bond acceptors (Lipinski definition) is 2. The van der Waals surface area contributed by atoms with E-state index < -0.39 is 0 Å². The lowest BCUT2D eigenvalue weighted by Gasteiger charge is -2.00. The first-order valence-corrected chi connectivity index (χ1v) is 4.06. The maximum absolute atomic E-state index is 8.45. The van der Waals surface area contributed by atoms with Crippen molar-refractivity contribution in [3.63, 3.8) is 0 Å². The van der Waals surface area contributed by atoms with Crippen LogP contribution >= 0.6 is 0 Å². The molecule has 1 aromatic carbocycles. The number of rotatable bonds is 2. The SMILES string of the molecule is COc1cccc(CC#CCO)c1. The van der Waals surface area contributed by atoms with E-state index in [1.54, 1.807) is 7.11 Å². The Bertz CT molecular complexity index is 320. The Labute approximate surface area is 78.2 Å². The molecule has 1 rings (SSSR count). The minimum Gasteiger partial charge on any atom is -0.497 e. The zero-order valence-corrected chi connectivity index (χ0v) is 7.58. The topological polar surface area (TPSA) is 29.5 Å². The Morgan fingerprint density at radius 2 is 2.23 bits per heavy atom. The van der Waals surface area contributed by atoms with E-state index in [1.807, 2.05) is 24.3 Å². The molecule has 68 valence electrons. The van der Waals surface area contributed by atoms with E-state index >= 15 is 0 Å². The molecule has 0 fully saturated rings. The van der Waals surface area contributed by atoms with Crippen LogP contribution in [0, 0.1) is 11.8 Å². The maximum Gasteiger partial charge on any atom is 0.119 e. The fourth-order valence-electron chi connectivity index (χ4n) is 1.00. The average molecular weight is 176 g/mol. The van der Waals surface area contributed by atoms with Crippen LogP contribution in [0.3, 0.4) is 0 Å². The molecule has 0 saturated carbocycles. The zero-order chi connectivity index (χ0) is 9.52. The summed E-state index contributed by atoms with van der Waals surface area (Å²) in [6.45, 7) is -0.0794. The summed E-state index contributed by atoms with van der Waals surface area (Å²) in [5.74, 6) is 6.28. The van der Waals surface area contributed by atoms with Gasteiger partial charge in [0.15, 0.2) is 0 Å². The third-order valence-electron chi connectivity index (χ3n) is 1.63. The van der Waals surface area contributed by atoms with E-state index in [1.165, 1.54) is 0 Å². The van der Waals surface area contributed by atoms with Crippen LogP contribution in [0.4, 0.5) is 0 Å². The van der Waals surface area contributed by atoms with Gasteiger partial charge in [-0.3, -0.25) is 0 Å². The summed E-state index contributed by atoms with van der Waals surface area (Å²) < 4.78 is 5.06. The molecule has 1 N–H and O–H groups in total. The van der Waals surface area contributed by atoms with Gasteiger partial charge < -0.3 is 9.84 Å². The van der Waals surface area contributed by atoms with Crippen molar-refractivity contribution in [3.8, 4) is 17.6 Å². The van der Waals surface area contributed by atoms with Crippen molar-refractivity contribution < 1.29 is 9.84 Å². The molecule has 0 radical (unpaired) electrons. The van der Waals surface area contributed by atoms with Gasteiger partial charge in [-0.05, 0) is 17.7 Å². The molecule has 0 saturated heterocycles. The number of benzene rings is 1. The van der Waals surface area contributed by atoms with E-state index in [2.05, 4.69) is 11.8 Å². The first-order chi connectivity index (χ1) is 6.36. The van der Waals surface area contributed by atoms with Crippen LogP contribution in [-0.4, -0.2) is 18.8 Å². The average Bonchev–Trinajstić information content (AvgIpc) is 2.19. The van der Waals surface area contributed by atoms with Crippen molar-refractivity contribution in [1.29, 1.82) is 0 Å². The lowest BCUT2D eigenvalue weighted by Crippen LogP contribution is -1.86. The van der Waals surface area contributed by atoms with Crippen molar-refractivity contribution in [1.82, 2.24) is 0 Å². The third kappa shape index (κ3) is 3.18. The predicted molar refractivity (Wildman–Crippen MR) is 51.6 cm³/mol. The fourth-order valence-corrected chi connectivity index (χ4v) is 1.00. The minimum absolute atomic E-state index is 0.0794. The van der Waals surface area contributed by atoms with Crippen molar-refractivity contribution >= 4 is 0 Å². The van der Waals surface area contributed by atoms with Gasteiger partial charge in [0.25, 0.3) is 0 Å².